The van der Waals surface area contributed by atoms with Crippen molar-refractivity contribution in [3.63, 3.8) is 0 Å². The van der Waals surface area contributed by atoms with Gasteiger partial charge in [0.25, 0.3) is 5.91 Å². The van der Waals surface area contributed by atoms with Crippen LogP contribution in [-0.2, 0) is 11.4 Å². The summed E-state index contributed by atoms with van der Waals surface area (Å²) in [7, 11) is 0. The Balaban J connectivity index is 1.33. The van der Waals surface area contributed by atoms with Crippen molar-refractivity contribution in [1.82, 2.24) is 9.88 Å². The first-order valence-corrected chi connectivity index (χ1v) is 10.8. The van der Waals surface area contributed by atoms with Crippen molar-refractivity contribution in [3.8, 4) is 5.75 Å². The minimum Gasteiger partial charge on any atom is -0.489 e. The number of anilines is 1. The predicted molar refractivity (Wildman–Crippen MR) is 117 cm³/mol. The molecule has 0 radical (unpaired) electrons. The van der Waals surface area contributed by atoms with E-state index >= 15 is 0 Å². The number of carbonyl (C=O) groups excluding carboxylic acids is 2. The molecule has 2 aromatic carbocycles. The third-order valence-corrected chi connectivity index (χ3v) is 5.78. The summed E-state index contributed by atoms with van der Waals surface area (Å²) in [6.45, 7) is 1.54. The molecule has 1 aromatic heterocycles. The summed E-state index contributed by atoms with van der Waals surface area (Å²) in [6.07, 6.45) is 3.24. The van der Waals surface area contributed by atoms with Gasteiger partial charge >= 0.3 is 0 Å². The van der Waals surface area contributed by atoms with Gasteiger partial charge in [-0.3, -0.25) is 9.59 Å². The van der Waals surface area contributed by atoms with E-state index < -0.39 is 0 Å². The minimum absolute atomic E-state index is 0.0442. The van der Waals surface area contributed by atoms with Gasteiger partial charge in [-0.1, -0.05) is 30.3 Å². The van der Waals surface area contributed by atoms with Crippen molar-refractivity contribution in [1.29, 1.82) is 0 Å². The zero-order valence-corrected chi connectivity index (χ0v) is 17.3. The van der Waals surface area contributed by atoms with Crippen LogP contribution in [0.25, 0.3) is 0 Å². The molecule has 0 saturated carbocycles. The quantitative estimate of drug-likeness (QED) is 0.647. The van der Waals surface area contributed by atoms with Gasteiger partial charge in [0, 0.05) is 30.2 Å². The number of rotatable bonds is 6. The Morgan fingerprint density at radius 3 is 2.67 bits per heavy atom. The van der Waals surface area contributed by atoms with Gasteiger partial charge < -0.3 is 15.0 Å². The summed E-state index contributed by atoms with van der Waals surface area (Å²) in [6, 6.07) is 17.1. The predicted octanol–water partition coefficient (Wildman–Crippen LogP) is 4.21. The number of hydrogen-bond donors (Lipinski definition) is 1. The topological polar surface area (TPSA) is 71.5 Å². The fourth-order valence-electron chi connectivity index (χ4n) is 3.48. The second-order valence-corrected chi connectivity index (χ2v) is 8.11. The molecule has 1 aliphatic rings. The SMILES string of the molecule is O=C(Nc1nccs1)C1CCCN(C(=O)c2ccc(COc3ccccc3)cc2)C1. The summed E-state index contributed by atoms with van der Waals surface area (Å²) in [4.78, 5) is 31.3. The van der Waals surface area contributed by atoms with Crippen molar-refractivity contribution in [3.05, 3.63) is 77.3 Å². The lowest BCUT2D eigenvalue weighted by Gasteiger charge is -2.32. The van der Waals surface area contributed by atoms with Crippen LogP contribution < -0.4 is 10.1 Å². The maximum atomic E-state index is 12.9. The molecule has 2 heterocycles. The van der Waals surface area contributed by atoms with Crippen LogP contribution in [0.1, 0.15) is 28.8 Å². The fraction of sp³-hybridized carbons (Fsp3) is 0.261. The lowest BCUT2D eigenvalue weighted by atomic mass is 9.96. The zero-order chi connectivity index (χ0) is 20.8. The van der Waals surface area contributed by atoms with Gasteiger partial charge in [0.1, 0.15) is 12.4 Å². The van der Waals surface area contributed by atoms with Crippen LogP contribution in [0.5, 0.6) is 5.75 Å². The van der Waals surface area contributed by atoms with Gasteiger partial charge in [-0.15, -0.1) is 11.3 Å². The highest BCUT2D eigenvalue weighted by molar-refractivity contribution is 7.13. The molecule has 0 spiro atoms. The normalized spacial score (nSPS) is 16.1. The summed E-state index contributed by atoms with van der Waals surface area (Å²) >= 11 is 1.39. The van der Waals surface area contributed by atoms with Gasteiger partial charge in [0.15, 0.2) is 5.13 Å². The standard InChI is InChI=1S/C23H23N3O3S/c27-21(25-23-24-12-14-30-23)19-5-4-13-26(15-19)22(28)18-10-8-17(9-11-18)16-29-20-6-2-1-3-7-20/h1-3,6-12,14,19H,4-5,13,15-16H2,(H,24,25,27). The first kappa shape index (κ1) is 20.1. The number of hydrogen-bond acceptors (Lipinski definition) is 5. The Morgan fingerprint density at radius 1 is 1.13 bits per heavy atom. The Kier molecular flexibility index (Phi) is 6.39. The van der Waals surface area contributed by atoms with Gasteiger partial charge in [-0.05, 0) is 42.7 Å². The number of carbonyl (C=O) groups is 2. The summed E-state index contributed by atoms with van der Waals surface area (Å²) in [5.74, 6) is 0.478. The maximum absolute atomic E-state index is 12.9. The van der Waals surface area contributed by atoms with Crippen LogP contribution in [0.2, 0.25) is 0 Å². The van der Waals surface area contributed by atoms with Gasteiger partial charge in [-0.2, -0.15) is 0 Å². The van der Waals surface area contributed by atoms with Gasteiger partial charge in [0.05, 0.1) is 5.92 Å². The van der Waals surface area contributed by atoms with E-state index in [1.807, 2.05) is 60.0 Å². The Hall–Kier alpha value is -3.19. The molecule has 1 N–H and O–H groups in total. The molecular weight excluding hydrogens is 398 g/mol. The molecule has 1 saturated heterocycles. The van der Waals surface area contributed by atoms with Crippen LogP contribution in [0.3, 0.4) is 0 Å². The lowest BCUT2D eigenvalue weighted by molar-refractivity contribution is -0.121. The number of thiazole rings is 1. The third-order valence-electron chi connectivity index (χ3n) is 5.09. The number of ether oxygens (including phenoxy) is 1. The van der Waals surface area contributed by atoms with E-state index in [9.17, 15) is 9.59 Å². The molecule has 2 amide bonds. The molecule has 30 heavy (non-hydrogen) atoms. The number of para-hydroxylation sites is 1. The van der Waals surface area contributed by atoms with Crippen LogP contribution in [0, 0.1) is 5.92 Å². The molecule has 1 unspecified atom stereocenters. The van der Waals surface area contributed by atoms with Crippen molar-refractivity contribution in [2.24, 2.45) is 5.92 Å². The van der Waals surface area contributed by atoms with Crippen LogP contribution in [0.15, 0.2) is 66.2 Å². The molecule has 0 aliphatic carbocycles. The molecule has 7 heteroatoms. The fourth-order valence-corrected chi connectivity index (χ4v) is 4.01. The molecule has 4 rings (SSSR count). The number of nitrogens with zero attached hydrogens (tertiary/aromatic N) is 2. The molecular formula is C23H23N3O3S. The minimum atomic E-state index is -0.217. The van der Waals surface area contributed by atoms with Crippen molar-refractivity contribution in [2.45, 2.75) is 19.4 Å². The first-order valence-electron chi connectivity index (χ1n) is 9.95. The number of benzene rings is 2. The highest BCUT2D eigenvalue weighted by Gasteiger charge is 2.29. The maximum Gasteiger partial charge on any atom is 0.253 e. The Labute approximate surface area is 179 Å². The van der Waals surface area contributed by atoms with Gasteiger partial charge in [0.2, 0.25) is 5.91 Å². The zero-order valence-electron chi connectivity index (χ0n) is 16.5. The smallest absolute Gasteiger partial charge is 0.253 e. The molecule has 3 aromatic rings. The summed E-state index contributed by atoms with van der Waals surface area (Å²) < 4.78 is 5.75. The summed E-state index contributed by atoms with van der Waals surface area (Å²) in [5, 5.41) is 5.26. The van der Waals surface area contributed by atoms with Crippen LogP contribution >= 0.6 is 11.3 Å². The average Bonchev–Trinajstić information content (AvgIpc) is 3.31. The first-order chi connectivity index (χ1) is 14.7. The molecule has 1 fully saturated rings. The monoisotopic (exact) mass is 421 g/mol. The van der Waals surface area contributed by atoms with E-state index in [0.717, 1.165) is 24.2 Å². The molecule has 1 aliphatic heterocycles. The average molecular weight is 422 g/mol. The van der Waals surface area contributed by atoms with Crippen molar-refractivity contribution in [2.75, 3.05) is 18.4 Å². The second kappa shape index (κ2) is 9.54. The molecule has 154 valence electrons. The van der Waals surface area contributed by atoms with E-state index in [1.54, 1.807) is 11.1 Å². The van der Waals surface area contributed by atoms with E-state index in [1.165, 1.54) is 11.3 Å². The highest BCUT2D eigenvalue weighted by Crippen LogP contribution is 2.21. The Bertz CT molecular complexity index is 975. The number of amides is 2. The van der Waals surface area contributed by atoms with Crippen molar-refractivity contribution >= 4 is 28.3 Å². The van der Waals surface area contributed by atoms with Crippen LogP contribution in [0.4, 0.5) is 5.13 Å². The molecule has 6 nitrogen and oxygen atoms in total. The molecule has 0 bridgehead atoms. The number of nitrogens with one attached hydrogen (secondary N) is 1. The summed E-state index contributed by atoms with van der Waals surface area (Å²) in [5.41, 5.74) is 1.62. The van der Waals surface area contributed by atoms with Crippen LogP contribution in [-0.4, -0.2) is 34.8 Å². The van der Waals surface area contributed by atoms with E-state index in [2.05, 4.69) is 10.3 Å². The van der Waals surface area contributed by atoms with E-state index in [-0.39, 0.29) is 17.7 Å². The highest BCUT2D eigenvalue weighted by atomic mass is 32.1. The van der Waals surface area contributed by atoms with E-state index in [0.29, 0.717) is 30.4 Å². The largest absolute Gasteiger partial charge is 0.489 e. The number of likely N-dealkylation sites (tertiary alicyclic amines) is 1. The van der Waals surface area contributed by atoms with Crippen molar-refractivity contribution < 1.29 is 14.3 Å². The number of aromatic nitrogens is 1. The van der Waals surface area contributed by atoms with Gasteiger partial charge in [-0.25, -0.2) is 4.98 Å². The lowest BCUT2D eigenvalue weighted by Crippen LogP contribution is -2.43. The Morgan fingerprint density at radius 2 is 1.93 bits per heavy atom. The third kappa shape index (κ3) is 5.04. The second-order valence-electron chi connectivity index (χ2n) is 7.22. The number of piperidine rings is 1. The molecule has 1 atom stereocenters. The van der Waals surface area contributed by atoms with E-state index in [4.69, 9.17) is 4.74 Å².